The van der Waals surface area contributed by atoms with E-state index in [4.69, 9.17) is 5.73 Å². The molecule has 0 aliphatic rings. The van der Waals surface area contributed by atoms with Crippen molar-refractivity contribution in [2.45, 2.75) is 0 Å². The van der Waals surface area contributed by atoms with Gasteiger partial charge in [0.05, 0.1) is 5.69 Å². The van der Waals surface area contributed by atoms with Crippen LogP contribution in [0.25, 0.3) is 0 Å². The fourth-order valence-corrected chi connectivity index (χ4v) is 0.686. The van der Waals surface area contributed by atoms with E-state index < -0.39 is 0 Å². The number of hydrogen-bond donors (Lipinski definition) is 1. The predicted octanol–water partition coefficient (Wildman–Crippen LogP) is 1.98. The van der Waals surface area contributed by atoms with Crippen molar-refractivity contribution in [3.8, 4) is 0 Å². The first-order valence-electron chi connectivity index (χ1n) is 2.99. The third-order valence-electron chi connectivity index (χ3n) is 1.14. The molecule has 3 heteroatoms. The van der Waals surface area contributed by atoms with Crippen LogP contribution in [0.2, 0.25) is 0 Å². The Hall–Kier alpha value is -1.38. The number of rotatable bonds is 1. The molecule has 0 fully saturated rings. The molecule has 52 valence electrons. The van der Waals surface area contributed by atoms with E-state index in [0.29, 0.717) is 5.69 Å². The molecule has 2 N–H and O–H groups in total. The zero-order valence-electron chi connectivity index (χ0n) is 5.78. The van der Waals surface area contributed by atoms with Crippen LogP contribution in [-0.2, 0) is 0 Å². The van der Waals surface area contributed by atoms with Gasteiger partial charge in [0.2, 0.25) is 0 Å². The Morgan fingerprint density at radius 2 is 2.00 bits per heavy atom. The summed E-state index contributed by atoms with van der Waals surface area (Å²) < 4.78 is 0. The Labute approximate surface area is 59.6 Å². The first-order chi connectivity index (χ1) is 4.84. The number of hydrogen-bond acceptors (Lipinski definition) is 3. The van der Waals surface area contributed by atoms with Gasteiger partial charge < -0.3 is 5.73 Å². The van der Waals surface area contributed by atoms with Gasteiger partial charge in [0.1, 0.15) is 5.69 Å². The molecule has 0 atom stereocenters. The third-order valence-corrected chi connectivity index (χ3v) is 1.14. The molecule has 0 spiro atoms. The number of anilines is 1. The summed E-state index contributed by atoms with van der Waals surface area (Å²) in [7, 11) is 1.62. The average Bonchev–Trinajstić information content (AvgIpc) is 1.94. The second kappa shape index (κ2) is 2.96. The van der Waals surface area contributed by atoms with E-state index in [9.17, 15) is 0 Å². The third kappa shape index (κ3) is 1.31. The lowest BCUT2D eigenvalue weighted by molar-refractivity contribution is 1.17. The summed E-state index contributed by atoms with van der Waals surface area (Å²) >= 11 is 0. The van der Waals surface area contributed by atoms with Crippen molar-refractivity contribution in [2.75, 3.05) is 12.8 Å². The highest BCUT2D eigenvalue weighted by atomic mass is 15.1. The number of para-hydroxylation sites is 1. The van der Waals surface area contributed by atoms with Crippen LogP contribution in [0.5, 0.6) is 0 Å². The number of benzene rings is 1. The van der Waals surface area contributed by atoms with E-state index in [0.717, 1.165) is 5.69 Å². The summed E-state index contributed by atoms with van der Waals surface area (Å²) in [5.74, 6) is 0. The highest BCUT2D eigenvalue weighted by Gasteiger charge is 1.91. The molecule has 1 rings (SSSR count). The van der Waals surface area contributed by atoms with Gasteiger partial charge in [0.25, 0.3) is 0 Å². The van der Waals surface area contributed by atoms with Gasteiger partial charge in [-0.25, -0.2) is 0 Å². The van der Waals surface area contributed by atoms with Gasteiger partial charge in [-0.05, 0) is 12.1 Å². The molecule has 0 saturated carbocycles. The molecular formula is C7H9N3. The maximum absolute atomic E-state index is 5.55. The molecule has 0 heterocycles. The van der Waals surface area contributed by atoms with Gasteiger partial charge in [-0.1, -0.05) is 12.1 Å². The first kappa shape index (κ1) is 6.74. The normalized spacial score (nSPS) is 10.5. The molecule has 1 aromatic carbocycles. The summed E-state index contributed by atoms with van der Waals surface area (Å²) in [5, 5.41) is 7.42. The summed E-state index contributed by atoms with van der Waals surface area (Å²) in [6, 6.07) is 7.36. The average molecular weight is 135 g/mol. The van der Waals surface area contributed by atoms with Crippen molar-refractivity contribution in [2.24, 2.45) is 10.2 Å². The Kier molecular flexibility index (Phi) is 1.99. The van der Waals surface area contributed by atoms with Crippen LogP contribution in [0.4, 0.5) is 11.4 Å². The summed E-state index contributed by atoms with van der Waals surface area (Å²) in [6.45, 7) is 0. The Balaban J connectivity index is 3.03. The minimum Gasteiger partial charge on any atom is -0.397 e. The van der Waals surface area contributed by atoms with E-state index in [1.807, 2.05) is 18.2 Å². The van der Waals surface area contributed by atoms with Crippen LogP contribution in [0.1, 0.15) is 0 Å². The minimum absolute atomic E-state index is 0.660. The Morgan fingerprint density at radius 1 is 1.30 bits per heavy atom. The van der Waals surface area contributed by atoms with Crippen LogP contribution in [0.3, 0.4) is 0 Å². The van der Waals surface area contributed by atoms with E-state index >= 15 is 0 Å². The maximum Gasteiger partial charge on any atom is 0.108 e. The fourth-order valence-electron chi connectivity index (χ4n) is 0.686. The first-order valence-corrected chi connectivity index (χ1v) is 2.99. The van der Waals surface area contributed by atoms with Gasteiger partial charge in [0, 0.05) is 7.05 Å². The molecule has 0 aliphatic carbocycles. The standard InChI is InChI=1S/C7H9N3/c1-9-10-7-5-3-2-4-6(7)8/h2-5H,8H2,1H3/b10-9-. The van der Waals surface area contributed by atoms with Crippen LogP contribution >= 0.6 is 0 Å². The van der Waals surface area contributed by atoms with Crippen LogP contribution in [0, 0.1) is 0 Å². The molecule has 0 bridgehead atoms. The van der Waals surface area contributed by atoms with Crippen molar-refractivity contribution in [3.05, 3.63) is 24.3 Å². The zero-order valence-corrected chi connectivity index (χ0v) is 5.78. The smallest absolute Gasteiger partial charge is 0.108 e. The van der Waals surface area contributed by atoms with Crippen molar-refractivity contribution in [1.29, 1.82) is 0 Å². The second-order valence-corrected chi connectivity index (χ2v) is 1.86. The van der Waals surface area contributed by atoms with Crippen LogP contribution < -0.4 is 5.73 Å². The van der Waals surface area contributed by atoms with E-state index in [1.54, 1.807) is 13.1 Å². The van der Waals surface area contributed by atoms with Crippen molar-refractivity contribution in [1.82, 2.24) is 0 Å². The SMILES string of the molecule is C/N=N\c1ccccc1N. The molecule has 0 radical (unpaired) electrons. The molecular weight excluding hydrogens is 126 g/mol. The number of nitrogen functional groups attached to an aromatic ring is 1. The molecule has 0 saturated heterocycles. The topological polar surface area (TPSA) is 50.7 Å². The van der Waals surface area contributed by atoms with Crippen molar-refractivity contribution < 1.29 is 0 Å². The maximum atomic E-state index is 5.55. The number of azo groups is 1. The highest BCUT2D eigenvalue weighted by molar-refractivity contribution is 5.61. The van der Waals surface area contributed by atoms with Gasteiger partial charge in [-0.2, -0.15) is 10.2 Å². The van der Waals surface area contributed by atoms with E-state index in [-0.39, 0.29) is 0 Å². The lowest BCUT2D eigenvalue weighted by atomic mass is 10.3. The highest BCUT2D eigenvalue weighted by Crippen LogP contribution is 2.19. The van der Waals surface area contributed by atoms with Gasteiger partial charge in [-0.15, -0.1) is 0 Å². The largest absolute Gasteiger partial charge is 0.397 e. The van der Waals surface area contributed by atoms with Crippen LogP contribution in [0.15, 0.2) is 34.5 Å². The number of nitrogens with zero attached hydrogens (tertiary/aromatic N) is 2. The molecule has 10 heavy (non-hydrogen) atoms. The predicted molar refractivity (Wildman–Crippen MR) is 41.3 cm³/mol. The molecule has 3 nitrogen and oxygen atoms in total. The quantitative estimate of drug-likeness (QED) is 0.464. The summed E-state index contributed by atoms with van der Waals surface area (Å²) in [6.07, 6.45) is 0. The van der Waals surface area contributed by atoms with Crippen molar-refractivity contribution in [3.63, 3.8) is 0 Å². The molecule has 0 aliphatic heterocycles. The van der Waals surface area contributed by atoms with Crippen LogP contribution in [-0.4, -0.2) is 7.05 Å². The van der Waals surface area contributed by atoms with Gasteiger partial charge in [0.15, 0.2) is 0 Å². The molecule has 0 aromatic heterocycles. The Morgan fingerprint density at radius 3 is 2.60 bits per heavy atom. The lowest BCUT2D eigenvalue weighted by Gasteiger charge is -1.94. The van der Waals surface area contributed by atoms with Gasteiger partial charge >= 0.3 is 0 Å². The minimum atomic E-state index is 0.660. The second-order valence-electron chi connectivity index (χ2n) is 1.86. The lowest BCUT2D eigenvalue weighted by Crippen LogP contribution is -1.82. The summed E-state index contributed by atoms with van der Waals surface area (Å²) in [5.41, 5.74) is 6.94. The van der Waals surface area contributed by atoms with E-state index in [1.165, 1.54) is 0 Å². The number of nitrogens with two attached hydrogens (primary N) is 1. The molecule has 1 aromatic rings. The fraction of sp³-hybridized carbons (Fsp3) is 0.143. The molecule has 0 unspecified atom stereocenters. The van der Waals surface area contributed by atoms with E-state index in [2.05, 4.69) is 10.2 Å². The summed E-state index contributed by atoms with van der Waals surface area (Å²) in [4.78, 5) is 0. The zero-order chi connectivity index (χ0) is 7.40. The Bertz CT molecular complexity index is 242. The molecule has 0 amide bonds. The van der Waals surface area contributed by atoms with Gasteiger partial charge in [-0.3, -0.25) is 0 Å². The van der Waals surface area contributed by atoms with Crippen molar-refractivity contribution >= 4 is 11.4 Å². The monoisotopic (exact) mass is 135 g/mol.